The summed E-state index contributed by atoms with van der Waals surface area (Å²) in [7, 11) is 1.87. The Hall–Kier alpha value is -5.45. The van der Waals surface area contributed by atoms with Crippen LogP contribution in [0.3, 0.4) is 0 Å². The van der Waals surface area contributed by atoms with Gasteiger partial charge in [-0.25, -0.2) is 4.39 Å². The Labute approximate surface area is 239 Å². The number of aromatic amines is 1. The molecule has 0 saturated heterocycles. The number of hydrogen-bond donors (Lipinski definition) is 1. The lowest BCUT2D eigenvalue weighted by Gasteiger charge is -2.14. The minimum Gasteiger partial charge on any atom is -0.455 e. The second-order valence-corrected chi connectivity index (χ2v) is 10.2. The molecule has 0 saturated carbocycles. The molecule has 210 valence electrons. The number of H-pyrrole nitrogens is 1. The number of nitrogens with one attached hydrogen (secondary N) is 1. The van der Waals surface area contributed by atoms with Crippen molar-refractivity contribution >= 4 is 16.7 Å². The molecule has 6 rings (SSSR count). The van der Waals surface area contributed by atoms with Gasteiger partial charge in [-0.2, -0.15) is 15.3 Å². The normalized spacial score (nSPS) is 11.4. The third-order valence-corrected chi connectivity index (χ3v) is 6.91. The molecule has 0 atom stereocenters. The predicted octanol–water partition coefficient (Wildman–Crippen LogP) is 5.52. The van der Waals surface area contributed by atoms with Gasteiger partial charge in [0, 0.05) is 53.3 Å². The van der Waals surface area contributed by atoms with Gasteiger partial charge in [0.15, 0.2) is 11.5 Å². The lowest BCUT2D eigenvalue weighted by atomic mass is 10.0. The van der Waals surface area contributed by atoms with Crippen molar-refractivity contribution in [2.75, 3.05) is 0 Å². The smallest absolute Gasteiger partial charge is 0.219 e. The summed E-state index contributed by atoms with van der Waals surface area (Å²) in [6, 6.07) is 12.7. The first-order chi connectivity index (χ1) is 20.3. The van der Waals surface area contributed by atoms with Crippen LogP contribution < -0.4 is 10.2 Å². The zero-order valence-electron chi connectivity index (χ0n) is 23.1. The highest BCUT2D eigenvalue weighted by Gasteiger charge is 2.20. The maximum Gasteiger partial charge on any atom is 0.219 e. The number of rotatable bonds is 8. The van der Waals surface area contributed by atoms with Crippen molar-refractivity contribution in [3.8, 4) is 33.8 Å². The van der Waals surface area contributed by atoms with Gasteiger partial charge in [0.25, 0.3) is 0 Å². The first-order valence-electron chi connectivity index (χ1n) is 13.3. The number of ether oxygens (including phenoxy) is 1. The average molecular weight is 564 g/mol. The molecule has 0 radical (unpaired) electrons. The minimum absolute atomic E-state index is 0.108. The quantitative estimate of drug-likeness (QED) is 0.242. The second kappa shape index (κ2) is 10.8. The van der Waals surface area contributed by atoms with Crippen LogP contribution in [0.4, 0.5) is 4.39 Å². The minimum atomic E-state index is -0.513. The molecule has 0 aliphatic rings. The molecule has 4 aromatic heterocycles. The van der Waals surface area contributed by atoms with Crippen LogP contribution in [-0.4, -0.2) is 40.5 Å². The van der Waals surface area contributed by atoms with E-state index in [9.17, 15) is 14.0 Å². The zero-order chi connectivity index (χ0) is 29.4. The van der Waals surface area contributed by atoms with E-state index in [1.807, 2.05) is 33.0 Å². The number of fused-ring (bicyclic) bond motifs is 1. The van der Waals surface area contributed by atoms with Crippen LogP contribution in [-0.2, 0) is 13.5 Å². The molecule has 0 bridgehead atoms. The summed E-state index contributed by atoms with van der Waals surface area (Å²) in [6.45, 7) is 3.79. The van der Waals surface area contributed by atoms with Crippen LogP contribution in [0.25, 0.3) is 33.2 Å². The van der Waals surface area contributed by atoms with Gasteiger partial charge in [-0.15, -0.1) is 0 Å². The molecule has 0 fully saturated rings. The summed E-state index contributed by atoms with van der Waals surface area (Å²) in [4.78, 5) is 31.0. The number of halogens is 1. The van der Waals surface area contributed by atoms with Crippen LogP contribution in [0, 0.1) is 5.82 Å². The molecule has 1 N–H and O–H groups in total. The molecular formula is C31H26FN7O3. The van der Waals surface area contributed by atoms with Crippen LogP contribution in [0.15, 0.2) is 84.3 Å². The zero-order valence-corrected chi connectivity index (χ0v) is 23.1. The summed E-state index contributed by atoms with van der Waals surface area (Å²) < 4.78 is 23.0. The summed E-state index contributed by atoms with van der Waals surface area (Å²) in [5.74, 6) is 0.183. The number of Topliss-reactive ketones (excluding diaryl/α,β-unsaturated/α-hetero) is 1. The van der Waals surface area contributed by atoms with Gasteiger partial charge in [-0.05, 0) is 55.8 Å². The van der Waals surface area contributed by atoms with Gasteiger partial charge in [-0.3, -0.25) is 29.0 Å². The topological polar surface area (TPSA) is 121 Å². The van der Waals surface area contributed by atoms with Gasteiger partial charge in [-0.1, -0.05) is 12.1 Å². The molecule has 6 aromatic rings. The number of hydrogen-bond acceptors (Lipinski definition) is 7. The highest BCUT2D eigenvalue weighted by molar-refractivity contribution is 5.96. The average Bonchev–Trinajstić information content (AvgIpc) is 3.64. The van der Waals surface area contributed by atoms with Gasteiger partial charge < -0.3 is 4.74 Å². The second-order valence-electron chi connectivity index (χ2n) is 10.2. The molecular weight excluding hydrogens is 537 g/mol. The van der Waals surface area contributed by atoms with E-state index >= 15 is 0 Å². The number of ketones is 1. The van der Waals surface area contributed by atoms with Gasteiger partial charge in [0.2, 0.25) is 5.43 Å². The van der Waals surface area contributed by atoms with Crippen LogP contribution in [0.2, 0.25) is 0 Å². The lowest BCUT2D eigenvalue weighted by Crippen LogP contribution is -2.25. The Kier molecular flexibility index (Phi) is 6.91. The van der Waals surface area contributed by atoms with E-state index in [4.69, 9.17) is 4.74 Å². The van der Waals surface area contributed by atoms with Crippen molar-refractivity contribution in [3.63, 3.8) is 0 Å². The van der Waals surface area contributed by atoms with E-state index < -0.39 is 17.0 Å². The molecule has 0 unspecified atom stereocenters. The fourth-order valence-corrected chi connectivity index (χ4v) is 4.63. The maximum absolute atomic E-state index is 13.5. The lowest BCUT2D eigenvalue weighted by molar-refractivity contribution is 0.0983. The van der Waals surface area contributed by atoms with Crippen molar-refractivity contribution < 1.29 is 13.9 Å². The molecule has 0 amide bonds. The van der Waals surface area contributed by atoms with Crippen LogP contribution in [0.1, 0.15) is 36.1 Å². The van der Waals surface area contributed by atoms with E-state index in [2.05, 4.69) is 25.4 Å². The fourth-order valence-electron chi connectivity index (χ4n) is 4.63. The molecule has 2 aromatic carbocycles. The van der Waals surface area contributed by atoms with Crippen molar-refractivity contribution in [1.82, 2.24) is 34.7 Å². The van der Waals surface area contributed by atoms with Crippen molar-refractivity contribution in [2.24, 2.45) is 7.05 Å². The Balaban J connectivity index is 1.26. The van der Waals surface area contributed by atoms with Crippen LogP contribution in [0.5, 0.6) is 11.5 Å². The highest BCUT2D eigenvalue weighted by atomic mass is 19.1. The number of carbonyl (C=O) groups excluding carboxylic acids is 1. The Morgan fingerprint density at radius 3 is 2.52 bits per heavy atom. The Bertz CT molecular complexity index is 1960. The number of pyridine rings is 1. The van der Waals surface area contributed by atoms with E-state index in [0.717, 1.165) is 22.0 Å². The molecule has 0 aliphatic heterocycles. The number of aryl methyl sites for hydroxylation is 1. The molecule has 10 nitrogen and oxygen atoms in total. The first-order valence-corrected chi connectivity index (χ1v) is 13.3. The number of nitrogens with zero attached hydrogens (tertiary/aromatic N) is 6. The molecule has 42 heavy (non-hydrogen) atoms. The van der Waals surface area contributed by atoms with Gasteiger partial charge in [0.1, 0.15) is 17.3 Å². The van der Waals surface area contributed by atoms with E-state index in [1.165, 1.54) is 30.5 Å². The van der Waals surface area contributed by atoms with Crippen LogP contribution >= 0.6 is 0 Å². The summed E-state index contributed by atoms with van der Waals surface area (Å²) in [5, 5.41) is 16.4. The van der Waals surface area contributed by atoms with E-state index in [1.54, 1.807) is 46.3 Å². The number of benzene rings is 2. The fraction of sp³-hybridized carbons (Fsp3) is 0.161. The largest absolute Gasteiger partial charge is 0.455 e. The summed E-state index contributed by atoms with van der Waals surface area (Å²) in [5.41, 5.74) is 3.15. The van der Waals surface area contributed by atoms with Gasteiger partial charge >= 0.3 is 0 Å². The summed E-state index contributed by atoms with van der Waals surface area (Å²) in [6.07, 6.45) is 8.25. The van der Waals surface area contributed by atoms with E-state index in [0.29, 0.717) is 22.8 Å². The standard InChI is InChI=1S/C31H26FN7O3/c1-18(2)39-17-26(19-4-6-22(32)7-5-19)31(41)30(37-39)28(40)11-23-8-9-24(16-33-23)42-29-10-20-15-36-38(3)27(20)12-25(29)21-13-34-35-14-21/h4-10,12-18H,11H2,1-3H3,(H,34,35). The SMILES string of the molecule is CC(C)n1cc(-c2ccc(F)cc2)c(=O)c(C(=O)Cc2ccc(Oc3cc4cnn(C)c4cc3-c3cn[nH]c3)cn2)n1. The number of carbonyl (C=O) groups is 1. The third kappa shape index (κ3) is 5.19. The first kappa shape index (κ1) is 26.8. The Morgan fingerprint density at radius 2 is 1.83 bits per heavy atom. The van der Waals surface area contributed by atoms with Crippen molar-refractivity contribution in [1.29, 1.82) is 0 Å². The van der Waals surface area contributed by atoms with Crippen molar-refractivity contribution in [2.45, 2.75) is 26.3 Å². The predicted molar refractivity (Wildman–Crippen MR) is 155 cm³/mol. The number of aromatic nitrogens is 7. The molecule has 11 heteroatoms. The monoisotopic (exact) mass is 563 g/mol. The van der Waals surface area contributed by atoms with Gasteiger partial charge in [0.05, 0.1) is 30.5 Å². The highest BCUT2D eigenvalue weighted by Crippen LogP contribution is 2.36. The summed E-state index contributed by atoms with van der Waals surface area (Å²) >= 11 is 0. The Morgan fingerprint density at radius 1 is 1.02 bits per heavy atom. The van der Waals surface area contributed by atoms with Crippen molar-refractivity contribution in [3.05, 3.63) is 107 Å². The molecule has 4 heterocycles. The molecule has 0 aliphatic carbocycles. The van der Waals surface area contributed by atoms with E-state index in [-0.39, 0.29) is 23.7 Å². The maximum atomic E-state index is 13.5. The third-order valence-electron chi connectivity index (χ3n) is 6.91. The molecule has 0 spiro atoms.